The molecule has 0 spiro atoms. The molecule has 1 atom stereocenters. The number of aryl methyl sites for hydroxylation is 2. The van der Waals surface area contributed by atoms with Crippen LogP contribution in [0.5, 0.6) is 11.5 Å². The summed E-state index contributed by atoms with van der Waals surface area (Å²) in [6.07, 6.45) is 1.94. The Labute approximate surface area is 172 Å². The molecule has 0 fully saturated rings. The van der Waals surface area contributed by atoms with Gasteiger partial charge in [0.2, 0.25) is 0 Å². The largest absolute Gasteiger partial charge is 0.486 e. The first kappa shape index (κ1) is 19.7. The van der Waals surface area contributed by atoms with Crippen LogP contribution in [-0.2, 0) is 22.4 Å². The Morgan fingerprint density at radius 1 is 1.10 bits per heavy atom. The van der Waals surface area contributed by atoms with Crippen molar-refractivity contribution in [1.82, 2.24) is 0 Å². The van der Waals surface area contributed by atoms with E-state index in [1.807, 2.05) is 18.2 Å². The molecule has 0 aromatic heterocycles. The van der Waals surface area contributed by atoms with Crippen molar-refractivity contribution >= 4 is 23.3 Å². The highest BCUT2D eigenvalue weighted by Crippen LogP contribution is 2.37. The molecule has 156 valence electrons. The maximum atomic E-state index is 12.6. The minimum atomic E-state index is -1.15. The Morgan fingerprint density at radius 2 is 1.80 bits per heavy atom. The van der Waals surface area contributed by atoms with E-state index >= 15 is 0 Å². The molecule has 1 amide bonds. The lowest BCUT2D eigenvalue weighted by molar-refractivity contribution is -0.385. The molecule has 1 heterocycles. The number of nitro groups is 1. The predicted octanol–water partition coefficient (Wildman–Crippen LogP) is 3.04. The monoisotopic (exact) mass is 412 g/mol. The van der Waals surface area contributed by atoms with Gasteiger partial charge in [-0.2, -0.15) is 0 Å². The number of esters is 1. The summed E-state index contributed by atoms with van der Waals surface area (Å²) < 4.78 is 15.9. The molecular formula is C21H20N2O7. The number of hydrogen-bond donors (Lipinski definition) is 1. The molecule has 1 aliphatic heterocycles. The highest BCUT2D eigenvalue weighted by atomic mass is 16.6. The van der Waals surface area contributed by atoms with Crippen molar-refractivity contribution in [2.45, 2.75) is 32.3 Å². The number of ether oxygens (including phenoxy) is 3. The molecule has 2 aromatic rings. The number of carbonyl (C=O) groups is 2. The average Bonchev–Trinajstić information content (AvgIpc) is 3.20. The summed E-state index contributed by atoms with van der Waals surface area (Å²) in [6, 6.07) is 8.04. The van der Waals surface area contributed by atoms with Gasteiger partial charge in [0.05, 0.1) is 11.0 Å². The molecule has 9 nitrogen and oxygen atoms in total. The molecule has 0 unspecified atom stereocenters. The van der Waals surface area contributed by atoms with Gasteiger partial charge in [-0.3, -0.25) is 14.9 Å². The van der Waals surface area contributed by atoms with Crippen molar-refractivity contribution in [2.75, 3.05) is 18.5 Å². The van der Waals surface area contributed by atoms with E-state index < -0.39 is 28.6 Å². The molecule has 0 radical (unpaired) electrons. The molecule has 0 bridgehead atoms. The van der Waals surface area contributed by atoms with Crippen molar-refractivity contribution in [1.29, 1.82) is 0 Å². The van der Waals surface area contributed by atoms with E-state index in [2.05, 4.69) is 5.32 Å². The fraction of sp³-hybridized carbons (Fsp3) is 0.333. The van der Waals surface area contributed by atoms with Crippen molar-refractivity contribution in [3.63, 3.8) is 0 Å². The lowest BCUT2D eigenvalue weighted by Gasteiger charge is -2.19. The Hall–Kier alpha value is -3.62. The van der Waals surface area contributed by atoms with Crippen molar-refractivity contribution in [2.24, 2.45) is 0 Å². The van der Waals surface area contributed by atoms with Gasteiger partial charge < -0.3 is 19.5 Å². The van der Waals surface area contributed by atoms with Gasteiger partial charge in [0, 0.05) is 11.8 Å². The van der Waals surface area contributed by atoms with Crippen LogP contribution in [0.2, 0.25) is 0 Å². The second-order valence-corrected chi connectivity index (χ2v) is 7.14. The van der Waals surface area contributed by atoms with Gasteiger partial charge in [0.1, 0.15) is 18.8 Å². The van der Waals surface area contributed by atoms with Gasteiger partial charge >= 0.3 is 5.97 Å². The Bertz CT molecular complexity index is 1030. The molecule has 0 saturated carbocycles. The average molecular weight is 412 g/mol. The number of nitrogens with zero attached hydrogens (tertiary/aromatic N) is 1. The zero-order valence-electron chi connectivity index (χ0n) is 16.3. The minimum absolute atomic E-state index is 0.187. The van der Waals surface area contributed by atoms with Crippen LogP contribution in [0.3, 0.4) is 0 Å². The Morgan fingerprint density at radius 3 is 2.53 bits per heavy atom. The topological polar surface area (TPSA) is 117 Å². The molecule has 9 heteroatoms. The smallest absolute Gasteiger partial charge is 0.346 e. The van der Waals surface area contributed by atoms with E-state index in [1.54, 1.807) is 0 Å². The van der Waals surface area contributed by atoms with Crippen molar-refractivity contribution in [3.05, 3.63) is 57.1 Å². The van der Waals surface area contributed by atoms with Gasteiger partial charge in [0.25, 0.3) is 11.6 Å². The van der Waals surface area contributed by atoms with Gasteiger partial charge in [-0.05, 0) is 49.4 Å². The summed E-state index contributed by atoms with van der Waals surface area (Å²) in [7, 11) is 0. The zero-order chi connectivity index (χ0) is 21.3. The minimum Gasteiger partial charge on any atom is -0.486 e. The quantitative estimate of drug-likeness (QED) is 0.456. The van der Waals surface area contributed by atoms with Crippen molar-refractivity contribution < 1.29 is 28.7 Å². The normalized spacial score (nSPS) is 15.1. The van der Waals surface area contributed by atoms with E-state index in [0.717, 1.165) is 25.3 Å². The number of rotatable bonds is 5. The predicted molar refractivity (Wildman–Crippen MR) is 106 cm³/mol. The maximum Gasteiger partial charge on any atom is 0.346 e. The lowest BCUT2D eigenvalue weighted by atomic mass is 10.1. The summed E-state index contributed by atoms with van der Waals surface area (Å²) in [5.74, 6) is -1.11. The van der Waals surface area contributed by atoms with Gasteiger partial charge in [-0.1, -0.05) is 6.07 Å². The summed E-state index contributed by atoms with van der Waals surface area (Å²) in [4.78, 5) is 35.7. The summed E-state index contributed by atoms with van der Waals surface area (Å²) >= 11 is 0. The molecular weight excluding hydrogens is 392 g/mol. The van der Waals surface area contributed by atoms with Crippen LogP contribution in [0.15, 0.2) is 30.3 Å². The van der Waals surface area contributed by atoms with Gasteiger partial charge in [0.15, 0.2) is 17.6 Å². The van der Waals surface area contributed by atoms with Crippen LogP contribution < -0.4 is 14.8 Å². The molecule has 30 heavy (non-hydrogen) atoms. The van der Waals surface area contributed by atoms with Crippen LogP contribution in [0.1, 0.15) is 34.8 Å². The van der Waals surface area contributed by atoms with Crippen LogP contribution in [0.4, 0.5) is 11.4 Å². The van der Waals surface area contributed by atoms with Crippen LogP contribution in [0, 0.1) is 10.1 Å². The first-order valence-electron chi connectivity index (χ1n) is 9.64. The summed E-state index contributed by atoms with van der Waals surface area (Å²) in [6.45, 7) is 1.93. The Kier molecular flexibility index (Phi) is 5.26. The van der Waals surface area contributed by atoms with Crippen molar-refractivity contribution in [3.8, 4) is 11.5 Å². The molecule has 2 aliphatic rings. The van der Waals surface area contributed by atoms with E-state index in [1.165, 1.54) is 24.1 Å². The number of fused-ring (bicyclic) bond motifs is 2. The number of hydrogen-bond acceptors (Lipinski definition) is 7. The van der Waals surface area contributed by atoms with E-state index in [0.29, 0.717) is 5.69 Å². The summed E-state index contributed by atoms with van der Waals surface area (Å²) in [5.41, 5.74) is 2.31. The third-order valence-corrected chi connectivity index (χ3v) is 5.10. The second kappa shape index (κ2) is 8.02. The number of carbonyl (C=O) groups excluding carboxylic acids is 2. The standard InChI is InChI=1S/C21H20N2O7/c1-12(20(24)22-15-6-5-13-3-2-4-14(13)9-15)30-21(25)16-10-18-19(29-8-7-28-18)11-17(16)23(26)27/h5-6,9-12H,2-4,7-8H2,1H3,(H,22,24)/t12-/m1/s1. The zero-order valence-corrected chi connectivity index (χ0v) is 16.3. The van der Waals surface area contributed by atoms with E-state index in [-0.39, 0.29) is 30.3 Å². The highest BCUT2D eigenvalue weighted by molar-refractivity contribution is 5.99. The Balaban J connectivity index is 1.47. The summed E-state index contributed by atoms with van der Waals surface area (Å²) in [5, 5.41) is 14.1. The molecule has 0 saturated heterocycles. The SMILES string of the molecule is C[C@@H](OC(=O)c1cc2c(cc1[N+](=O)[O-])OCCO2)C(=O)Nc1ccc2c(c1)CCC2. The first-order chi connectivity index (χ1) is 14.4. The number of benzene rings is 2. The fourth-order valence-electron chi connectivity index (χ4n) is 3.56. The second-order valence-electron chi connectivity index (χ2n) is 7.14. The van der Waals surface area contributed by atoms with E-state index in [4.69, 9.17) is 14.2 Å². The molecule has 2 aromatic carbocycles. The first-order valence-corrected chi connectivity index (χ1v) is 9.64. The molecule has 4 rings (SSSR count). The third kappa shape index (κ3) is 3.91. The van der Waals surface area contributed by atoms with Crippen LogP contribution in [-0.4, -0.2) is 36.1 Å². The highest BCUT2D eigenvalue weighted by Gasteiger charge is 2.29. The van der Waals surface area contributed by atoms with Gasteiger partial charge in [-0.15, -0.1) is 0 Å². The number of amides is 1. The number of anilines is 1. The number of nitro benzene ring substituents is 1. The maximum absolute atomic E-state index is 12.6. The van der Waals surface area contributed by atoms with Crippen LogP contribution in [0.25, 0.3) is 0 Å². The molecule has 1 N–H and O–H groups in total. The number of nitrogens with one attached hydrogen (secondary N) is 1. The lowest BCUT2D eigenvalue weighted by Crippen LogP contribution is -2.30. The molecule has 1 aliphatic carbocycles. The third-order valence-electron chi connectivity index (χ3n) is 5.10. The fourth-order valence-corrected chi connectivity index (χ4v) is 3.56. The van der Waals surface area contributed by atoms with E-state index in [9.17, 15) is 19.7 Å². The van der Waals surface area contributed by atoms with Crippen LogP contribution >= 0.6 is 0 Å². The van der Waals surface area contributed by atoms with Gasteiger partial charge in [-0.25, -0.2) is 4.79 Å².